The Kier molecular flexibility index (Phi) is 2.57. The maximum absolute atomic E-state index is 11.0. The molecular formula is C16H18N2O3. The number of hydrogen-bond acceptors (Lipinski definition) is 3. The van der Waals surface area contributed by atoms with Gasteiger partial charge < -0.3 is 19.7 Å². The highest BCUT2D eigenvalue weighted by Crippen LogP contribution is 2.47. The summed E-state index contributed by atoms with van der Waals surface area (Å²) in [6.07, 6.45) is 0.877. The molecular weight excluding hydrogens is 268 g/mol. The van der Waals surface area contributed by atoms with E-state index in [-0.39, 0.29) is 0 Å². The zero-order valence-electron chi connectivity index (χ0n) is 11.9. The summed E-state index contributed by atoms with van der Waals surface area (Å²) in [5, 5.41) is 19.9. The number of aliphatic carboxylic acids is 1. The number of anilines is 1. The first-order valence-electron chi connectivity index (χ1n) is 7.36. The van der Waals surface area contributed by atoms with Gasteiger partial charge in [-0.05, 0) is 36.5 Å². The van der Waals surface area contributed by atoms with Gasteiger partial charge in [-0.1, -0.05) is 6.07 Å². The quantitative estimate of drug-likeness (QED) is 0.886. The number of carboxylic acids is 1. The van der Waals surface area contributed by atoms with E-state index < -0.39 is 12.1 Å². The van der Waals surface area contributed by atoms with Gasteiger partial charge in [-0.2, -0.15) is 0 Å². The average molecular weight is 286 g/mol. The monoisotopic (exact) mass is 286 g/mol. The number of carboxylic acid groups (broad SMARTS) is 1. The van der Waals surface area contributed by atoms with Crippen molar-refractivity contribution in [3.8, 4) is 0 Å². The van der Waals surface area contributed by atoms with E-state index in [0.717, 1.165) is 36.8 Å². The number of piperidine rings is 1. The molecule has 1 saturated heterocycles. The van der Waals surface area contributed by atoms with E-state index in [9.17, 15) is 9.90 Å². The minimum atomic E-state index is -1.45. The first kappa shape index (κ1) is 12.7. The van der Waals surface area contributed by atoms with Crippen LogP contribution in [0.2, 0.25) is 0 Å². The van der Waals surface area contributed by atoms with Crippen LogP contribution in [0.15, 0.2) is 18.2 Å². The predicted octanol–water partition coefficient (Wildman–Crippen LogP) is 1.99. The Balaban J connectivity index is 1.96. The van der Waals surface area contributed by atoms with Crippen molar-refractivity contribution in [1.29, 1.82) is 0 Å². The van der Waals surface area contributed by atoms with E-state index in [1.165, 1.54) is 11.4 Å². The van der Waals surface area contributed by atoms with Crippen LogP contribution < -0.4 is 4.90 Å². The van der Waals surface area contributed by atoms with Crippen LogP contribution in [0.25, 0.3) is 10.9 Å². The number of rotatable bonds is 2. The molecule has 2 bridgehead atoms. The first-order valence-corrected chi connectivity index (χ1v) is 7.36. The number of hydrogen-bond donors (Lipinski definition) is 2. The fourth-order valence-corrected chi connectivity index (χ4v) is 3.95. The maximum atomic E-state index is 11.0. The maximum Gasteiger partial charge on any atom is 0.337 e. The summed E-state index contributed by atoms with van der Waals surface area (Å²) in [5.74, 6) is 0.629. The molecule has 5 nitrogen and oxygen atoms in total. The lowest BCUT2D eigenvalue weighted by Gasteiger charge is -2.41. The Hall–Kier alpha value is -2.01. The molecule has 2 aromatic rings. The molecule has 0 radical (unpaired) electrons. The van der Waals surface area contributed by atoms with Crippen LogP contribution in [0.4, 0.5) is 5.82 Å². The molecule has 4 heterocycles. The highest BCUT2D eigenvalue weighted by molar-refractivity contribution is 5.93. The van der Waals surface area contributed by atoms with Gasteiger partial charge in [0.1, 0.15) is 5.82 Å². The molecule has 110 valence electrons. The number of carbonyl (C=O) groups is 1. The Morgan fingerprint density at radius 2 is 2.05 bits per heavy atom. The van der Waals surface area contributed by atoms with Gasteiger partial charge in [0.15, 0.2) is 6.10 Å². The summed E-state index contributed by atoms with van der Waals surface area (Å²) in [4.78, 5) is 13.4. The Bertz CT molecular complexity index is 742. The van der Waals surface area contributed by atoms with E-state index in [1.54, 1.807) is 6.07 Å². The predicted molar refractivity (Wildman–Crippen MR) is 79.7 cm³/mol. The van der Waals surface area contributed by atoms with Crippen LogP contribution in [0, 0.1) is 0 Å². The molecule has 21 heavy (non-hydrogen) atoms. The van der Waals surface area contributed by atoms with Gasteiger partial charge in [0.2, 0.25) is 0 Å². The van der Waals surface area contributed by atoms with Gasteiger partial charge in [0.25, 0.3) is 0 Å². The van der Waals surface area contributed by atoms with Crippen molar-refractivity contribution in [3.05, 3.63) is 29.3 Å². The van der Waals surface area contributed by atoms with Crippen molar-refractivity contribution in [3.63, 3.8) is 0 Å². The highest BCUT2D eigenvalue weighted by Gasteiger charge is 2.35. The molecule has 1 unspecified atom stereocenters. The zero-order chi connectivity index (χ0) is 14.7. The molecule has 2 N–H and O–H groups in total. The largest absolute Gasteiger partial charge is 0.479 e. The van der Waals surface area contributed by atoms with E-state index in [0.29, 0.717) is 11.5 Å². The molecule has 3 aliphatic heterocycles. The summed E-state index contributed by atoms with van der Waals surface area (Å²) in [5.41, 5.74) is 2.91. The van der Waals surface area contributed by atoms with Gasteiger partial charge in [-0.3, -0.25) is 0 Å². The van der Waals surface area contributed by atoms with Crippen LogP contribution in [-0.2, 0) is 11.8 Å². The molecule has 0 saturated carbocycles. The number of aromatic nitrogens is 1. The Labute approximate surface area is 122 Å². The normalized spacial score (nSPS) is 19.0. The topological polar surface area (TPSA) is 65.7 Å². The fraction of sp³-hybridized carbons (Fsp3) is 0.438. The minimum absolute atomic E-state index is 0.458. The minimum Gasteiger partial charge on any atom is -0.479 e. The van der Waals surface area contributed by atoms with E-state index in [4.69, 9.17) is 5.11 Å². The molecule has 0 spiro atoms. The molecule has 5 rings (SSSR count). The SMILES string of the molecule is Cn1c2c(c3cc(C(O)C(=O)O)ccc31)C1CCN2CC1. The van der Waals surface area contributed by atoms with Crippen molar-refractivity contribution in [2.75, 3.05) is 18.0 Å². The van der Waals surface area contributed by atoms with Crippen molar-refractivity contribution >= 4 is 22.7 Å². The fourth-order valence-electron chi connectivity index (χ4n) is 3.95. The summed E-state index contributed by atoms with van der Waals surface area (Å²) in [7, 11) is 2.06. The first-order chi connectivity index (χ1) is 10.1. The molecule has 1 aromatic heterocycles. The highest BCUT2D eigenvalue weighted by atomic mass is 16.4. The van der Waals surface area contributed by atoms with E-state index >= 15 is 0 Å². The number of aryl methyl sites for hydroxylation is 1. The summed E-state index contributed by atoms with van der Waals surface area (Å²) >= 11 is 0. The van der Waals surface area contributed by atoms with Crippen molar-refractivity contribution in [2.24, 2.45) is 7.05 Å². The van der Waals surface area contributed by atoms with Crippen LogP contribution in [0.1, 0.15) is 36.0 Å². The number of benzene rings is 1. The molecule has 1 fully saturated rings. The molecule has 5 heteroatoms. The van der Waals surface area contributed by atoms with Gasteiger partial charge in [-0.15, -0.1) is 0 Å². The number of aliphatic hydroxyl groups excluding tert-OH is 1. The lowest BCUT2D eigenvalue weighted by Crippen LogP contribution is -2.39. The number of fused-ring (bicyclic) bond motifs is 3. The van der Waals surface area contributed by atoms with Crippen LogP contribution >= 0.6 is 0 Å². The summed E-state index contributed by atoms with van der Waals surface area (Å²) in [6, 6.07) is 5.49. The summed E-state index contributed by atoms with van der Waals surface area (Å²) < 4.78 is 2.20. The third-order valence-corrected chi connectivity index (χ3v) is 4.98. The van der Waals surface area contributed by atoms with Crippen molar-refractivity contribution < 1.29 is 15.0 Å². The third-order valence-electron chi connectivity index (χ3n) is 4.98. The second kappa shape index (κ2) is 4.24. The average Bonchev–Trinajstić information content (AvgIpc) is 2.83. The second-order valence-electron chi connectivity index (χ2n) is 6.07. The smallest absolute Gasteiger partial charge is 0.337 e. The molecule has 0 amide bonds. The van der Waals surface area contributed by atoms with Crippen molar-refractivity contribution in [1.82, 2.24) is 4.57 Å². The standard InChI is InChI=1S/C16H18N2O3/c1-17-12-3-2-10(14(19)16(20)21)8-11(12)13-9-4-6-18(7-5-9)15(13)17/h2-3,8-9,14,19H,4-7H2,1H3,(H,20,21). The van der Waals surface area contributed by atoms with Gasteiger partial charge in [0.05, 0.1) is 0 Å². The van der Waals surface area contributed by atoms with Gasteiger partial charge in [-0.25, -0.2) is 4.79 Å². The van der Waals surface area contributed by atoms with Crippen LogP contribution in [0.5, 0.6) is 0 Å². The molecule has 1 atom stereocenters. The lowest BCUT2D eigenvalue weighted by molar-refractivity contribution is -0.146. The number of aliphatic hydroxyl groups is 1. The molecule has 1 aromatic carbocycles. The van der Waals surface area contributed by atoms with E-state index in [2.05, 4.69) is 16.5 Å². The Morgan fingerprint density at radius 1 is 1.33 bits per heavy atom. The van der Waals surface area contributed by atoms with Gasteiger partial charge in [0, 0.05) is 36.6 Å². The molecule has 3 aliphatic rings. The van der Waals surface area contributed by atoms with Gasteiger partial charge >= 0.3 is 5.97 Å². The summed E-state index contributed by atoms with van der Waals surface area (Å²) in [6.45, 7) is 2.21. The lowest BCUT2D eigenvalue weighted by atomic mass is 9.84. The van der Waals surface area contributed by atoms with E-state index in [1.807, 2.05) is 12.1 Å². The number of nitrogens with zero attached hydrogens (tertiary/aromatic N) is 2. The van der Waals surface area contributed by atoms with Crippen LogP contribution in [-0.4, -0.2) is 33.8 Å². The second-order valence-corrected chi connectivity index (χ2v) is 6.07. The van der Waals surface area contributed by atoms with Crippen molar-refractivity contribution in [2.45, 2.75) is 24.9 Å². The molecule has 0 aliphatic carbocycles. The zero-order valence-corrected chi connectivity index (χ0v) is 11.9. The Morgan fingerprint density at radius 3 is 2.71 bits per heavy atom. The third kappa shape index (κ3) is 1.64. The van der Waals surface area contributed by atoms with Crippen LogP contribution in [0.3, 0.4) is 0 Å².